The summed E-state index contributed by atoms with van der Waals surface area (Å²) in [7, 11) is 3.46. The summed E-state index contributed by atoms with van der Waals surface area (Å²) in [5, 5.41) is 13.1. The Balaban J connectivity index is 2.57. The van der Waals surface area contributed by atoms with Crippen LogP contribution >= 0.6 is 0 Å². The smallest absolute Gasteiger partial charge is 0.246 e. The molecule has 1 aromatic rings. The van der Waals surface area contributed by atoms with Gasteiger partial charge in [0.25, 0.3) is 0 Å². The molecule has 0 spiro atoms. The quantitative estimate of drug-likeness (QED) is 0.745. The highest BCUT2D eigenvalue weighted by molar-refractivity contribution is 5.91. The van der Waals surface area contributed by atoms with Crippen molar-refractivity contribution in [3.05, 3.63) is 24.0 Å². The van der Waals surface area contributed by atoms with E-state index in [4.69, 9.17) is 5.11 Å². The van der Waals surface area contributed by atoms with Gasteiger partial charge in [-0.25, -0.2) is 0 Å². The number of hydrogen-bond acceptors (Lipinski definition) is 3. The number of carbonyl (C=O) groups excluding carboxylic acids is 1. The van der Waals surface area contributed by atoms with Crippen molar-refractivity contribution in [3.63, 3.8) is 0 Å². The van der Waals surface area contributed by atoms with Gasteiger partial charge in [0, 0.05) is 32.9 Å². The first-order chi connectivity index (χ1) is 7.50. The normalized spacial score (nSPS) is 13.0. The van der Waals surface area contributed by atoms with Crippen LogP contribution in [0.1, 0.15) is 12.6 Å². The summed E-state index contributed by atoms with van der Waals surface area (Å²) >= 11 is 0. The van der Waals surface area contributed by atoms with E-state index in [0.29, 0.717) is 6.54 Å². The van der Waals surface area contributed by atoms with E-state index >= 15 is 0 Å². The second-order valence-electron chi connectivity index (χ2n) is 3.78. The van der Waals surface area contributed by atoms with Crippen molar-refractivity contribution < 1.29 is 9.90 Å². The van der Waals surface area contributed by atoms with Crippen molar-refractivity contribution in [2.24, 2.45) is 7.05 Å². The molecule has 1 unspecified atom stereocenters. The van der Waals surface area contributed by atoms with E-state index < -0.39 is 6.10 Å². The molecule has 88 valence electrons. The van der Waals surface area contributed by atoms with Crippen LogP contribution in [0.3, 0.4) is 0 Å². The van der Waals surface area contributed by atoms with E-state index in [0.717, 1.165) is 5.69 Å². The first-order valence-corrected chi connectivity index (χ1v) is 5.10. The summed E-state index contributed by atoms with van der Waals surface area (Å²) in [6.07, 6.45) is 4.33. The predicted octanol–water partition coefficient (Wildman–Crippen LogP) is 0.272. The van der Waals surface area contributed by atoms with Gasteiger partial charge in [0.15, 0.2) is 0 Å². The highest BCUT2D eigenvalue weighted by Gasteiger charge is 2.07. The average Bonchev–Trinajstić information content (AvgIpc) is 2.59. The van der Waals surface area contributed by atoms with Gasteiger partial charge in [0.1, 0.15) is 0 Å². The number of nitrogens with zero attached hydrogens (tertiary/aromatic N) is 3. The predicted molar refractivity (Wildman–Crippen MR) is 61.6 cm³/mol. The highest BCUT2D eigenvalue weighted by Crippen LogP contribution is 2.00. The van der Waals surface area contributed by atoms with Gasteiger partial charge >= 0.3 is 0 Å². The molecule has 0 radical (unpaired) electrons. The topological polar surface area (TPSA) is 58.4 Å². The maximum atomic E-state index is 11.6. The highest BCUT2D eigenvalue weighted by atomic mass is 16.3. The minimum atomic E-state index is -0.515. The van der Waals surface area contributed by atoms with E-state index in [1.807, 2.05) is 13.1 Å². The number of likely N-dealkylation sites (N-methyl/N-ethyl adjacent to an activating group) is 1. The van der Waals surface area contributed by atoms with Crippen LogP contribution in [0.5, 0.6) is 0 Å². The lowest BCUT2D eigenvalue weighted by atomic mass is 10.3. The molecule has 1 N–H and O–H groups in total. The maximum absolute atomic E-state index is 11.6. The molecule has 5 heteroatoms. The molecule has 1 rings (SSSR count). The molecule has 5 nitrogen and oxygen atoms in total. The van der Waals surface area contributed by atoms with Crippen LogP contribution in [0, 0.1) is 0 Å². The first-order valence-electron chi connectivity index (χ1n) is 5.10. The number of hydrogen-bond donors (Lipinski definition) is 1. The third-order valence-electron chi connectivity index (χ3n) is 2.17. The molecule has 0 aliphatic carbocycles. The van der Waals surface area contributed by atoms with Gasteiger partial charge in [-0.2, -0.15) is 5.10 Å². The monoisotopic (exact) mass is 223 g/mol. The number of carbonyl (C=O) groups is 1. The zero-order valence-electron chi connectivity index (χ0n) is 9.79. The fourth-order valence-corrected chi connectivity index (χ4v) is 1.32. The summed E-state index contributed by atoms with van der Waals surface area (Å²) in [5.74, 6) is -0.137. The Bertz CT molecular complexity index is 382. The molecule has 1 atom stereocenters. The van der Waals surface area contributed by atoms with E-state index in [2.05, 4.69) is 5.10 Å². The minimum Gasteiger partial charge on any atom is -0.392 e. The number of aliphatic hydroxyl groups is 1. The van der Waals surface area contributed by atoms with Gasteiger partial charge in [-0.1, -0.05) is 0 Å². The summed E-state index contributed by atoms with van der Waals surface area (Å²) in [6, 6.07) is 1.82. The van der Waals surface area contributed by atoms with Gasteiger partial charge in [-0.3, -0.25) is 9.48 Å². The van der Waals surface area contributed by atoms with Crippen molar-refractivity contribution >= 4 is 12.0 Å². The first kappa shape index (κ1) is 12.4. The number of rotatable bonds is 4. The third-order valence-corrected chi connectivity index (χ3v) is 2.17. The van der Waals surface area contributed by atoms with Gasteiger partial charge in [0.05, 0.1) is 11.8 Å². The van der Waals surface area contributed by atoms with Crippen molar-refractivity contribution in [3.8, 4) is 0 Å². The zero-order valence-corrected chi connectivity index (χ0v) is 9.79. The lowest BCUT2D eigenvalue weighted by Gasteiger charge is -2.16. The van der Waals surface area contributed by atoms with Crippen molar-refractivity contribution in [1.82, 2.24) is 14.7 Å². The van der Waals surface area contributed by atoms with E-state index in [1.54, 1.807) is 30.9 Å². The molecule has 0 aromatic carbocycles. The number of aromatic nitrogens is 2. The molecule has 0 saturated carbocycles. The van der Waals surface area contributed by atoms with Crippen LogP contribution in [0.4, 0.5) is 0 Å². The largest absolute Gasteiger partial charge is 0.392 e. The van der Waals surface area contributed by atoms with Gasteiger partial charge in [0.2, 0.25) is 5.91 Å². The summed E-state index contributed by atoms with van der Waals surface area (Å²) < 4.78 is 1.68. The molecule has 0 fully saturated rings. The lowest BCUT2D eigenvalue weighted by molar-refractivity contribution is -0.125. The number of amides is 1. The van der Waals surface area contributed by atoms with E-state index in [-0.39, 0.29) is 5.91 Å². The zero-order chi connectivity index (χ0) is 12.1. The molecule has 0 aliphatic rings. The summed E-state index contributed by atoms with van der Waals surface area (Å²) in [5.41, 5.74) is 0.860. The fraction of sp³-hybridized carbons (Fsp3) is 0.455. The molecule has 1 heterocycles. The molecular formula is C11H17N3O2. The second-order valence-corrected chi connectivity index (χ2v) is 3.78. The van der Waals surface area contributed by atoms with Crippen LogP contribution < -0.4 is 0 Å². The van der Waals surface area contributed by atoms with Crippen molar-refractivity contribution in [2.45, 2.75) is 13.0 Å². The molecular weight excluding hydrogens is 206 g/mol. The van der Waals surface area contributed by atoms with Crippen LogP contribution in [0.15, 0.2) is 18.3 Å². The van der Waals surface area contributed by atoms with Crippen LogP contribution in [-0.4, -0.2) is 45.4 Å². The SMILES string of the molecule is CC(O)CN(C)C(=O)C=Cc1ccnn1C. The van der Waals surface area contributed by atoms with E-state index in [9.17, 15) is 4.79 Å². The Hall–Kier alpha value is -1.62. The van der Waals surface area contributed by atoms with Crippen LogP contribution in [0.25, 0.3) is 6.08 Å². The standard InChI is InChI=1S/C11H17N3O2/c1-9(15)8-13(2)11(16)5-4-10-6-7-12-14(10)3/h4-7,9,15H,8H2,1-3H3. The Morgan fingerprint density at radius 2 is 2.44 bits per heavy atom. The van der Waals surface area contributed by atoms with Gasteiger partial charge in [-0.15, -0.1) is 0 Å². The average molecular weight is 223 g/mol. The maximum Gasteiger partial charge on any atom is 0.246 e. The van der Waals surface area contributed by atoms with E-state index in [1.165, 1.54) is 11.0 Å². The van der Waals surface area contributed by atoms with Crippen molar-refractivity contribution in [2.75, 3.05) is 13.6 Å². The summed E-state index contributed by atoms with van der Waals surface area (Å²) in [6.45, 7) is 1.98. The molecule has 0 saturated heterocycles. The minimum absolute atomic E-state index is 0.137. The second kappa shape index (κ2) is 5.46. The Kier molecular flexibility index (Phi) is 4.25. The third kappa shape index (κ3) is 3.51. The van der Waals surface area contributed by atoms with Crippen molar-refractivity contribution in [1.29, 1.82) is 0 Å². The Morgan fingerprint density at radius 1 is 1.75 bits per heavy atom. The van der Waals surface area contributed by atoms with Gasteiger partial charge < -0.3 is 10.0 Å². The molecule has 1 amide bonds. The Morgan fingerprint density at radius 3 is 2.94 bits per heavy atom. The molecule has 1 aromatic heterocycles. The fourth-order valence-electron chi connectivity index (χ4n) is 1.32. The molecule has 0 aliphatic heterocycles. The Labute approximate surface area is 95.0 Å². The number of aryl methyl sites for hydroxylation is 1. The molecule has 16 heavy (non-hydrogen) atoms. The summed E-state index contributed by atoms with van der Waals surface area (Å²) in [4.78, 5) is 13.1. The lowest BCUT2D eigenvalue weighted by Crippen LogP contribution is -2.31. The number of aliphatic hydroxyl groups excluding tert-OH is 1. The molecule has 0 bridgehead atoms. The van der Waals surface area contributed by atoms with Crippen LogP contribution in [-0.2, 0) is 11.8 Å². The van der Waals surface area contributed by atoms with Gasteiger partial charge in [-0.05, 0) is 19.1 Å². The van der Waals surface area contributed by atoms with Crippen LogP contribution in [0.2, 0.25) is 0 Å².